The third-order valence-electron chi connectivity index (χ3n) is 3.00. The molecule has 0 aliphatic carbocycles. The van der Waals surface area contributed by atoms with Gasteiger partial charge in [0.05, 0.1) is 0 Å². The van der Waals surface area contributed by atoms with E-state index in [1.54, 1.807) is 11.3 Å². The lowest BCUT2D eigenvalue weighted by atomic mass is 10.1. The van der Waals surface area contributed by atoms with Gasteiger partial charge in [0, 0.05) is 18.7 Å². The zero-order chi connectivity index (χ0) is 13.8. The standard InChI is InChI=1S/C14H20N4S/c1-9(7-12-5-6-19-8-12)16-14-10(2)13(15-4)17-11(3)18-14/h5-6,8-9H,7H2,1-4H3,(H2,15,16,17,18). The first-order chi connectivity index (χ1) is 9.10. The second-order valence-electron chi connectivity index (χ2n) is 4.72. The smallest absolute Gasteiger partial charge is 0.134 e. The van der Waals surface area contributed by atoms with E-state index in [9.17, 15) is 0 Å². The fourth-order valence-electron chi connectivity index (χ4n) is 2.06. The predicted octanol–water partition coefficient (Wildman–Crippen LogP) is 3.24. The van der Waals surface area contributed by atoms with Crippen molar-refractivity contribution >= 4 is 23.0 Å². The van der Waals surface area contributed by atoms with Crippen LogP contribution >= 0.6 is 11.3 Å². The van der Waals surface area contributed by atoms with Gasteiger partial charge in [0.25, 0.3) is 0 Å². The van der Waals surface area contributed by atoms with Crippen molar-refractivity contribution in [3.8, 4) is 0 Å². The minimum absolute atomic E-state index is 0.340. The molecule has 5 heteroatoms. The van der Waals surface area contributed by atoms with Gasteiger partial charge < -0.3 is 10.6 Å². The second-order valence-corrected chi connectivity index (χ2v) is 5.50. The summed E-state index contributed by atoms with van der Waals surface area (Å²) in [4.78, 5) is 8.87. The summed E-state index contributed by atoms with van der Waals surface area (Å²) in [7, 11) is 1.88. The Kier molecular flexibility index (Phi) is 4.37. The van der Waals surface area contributed by atoms with E-state index in [0.29, 0.717) is 6.04 Å². The molecule has 2 aromatic rings. The quantitative estimate of drug-likeness (QED) is 0.880. The largest absolute Gasteiger partial charge is 0.373 e. The van der Waals surface area contributed by atoms with Gasteiger partial charge in [0.2, 0.25) is 0 Å². The maximum absolute atomic E-state index is 4.49. The van der Waals surface area contributed by atoms with E-state index in [1.807, 2.05) is 20.9 Å². The van der Waals surface area contributed by atoms with Crippen molar-refractivity contribution in [3.05, 3.63) is 33.8 Å². The molecule has 0 radical (unpaired) electrons. The van der Waals surface area contributed by atoms with Gasteiger partial charge in [-0.1, -0.05) is 0 Å². The lowest BCUT2D eigenvalue weighted by Gasteiger charge is -2.17. The van der Waals surface area contributed by atoms with Gasteiger partial charge in [0.1, 0.15) is 17.5 Å². The van der Waals surface area contributed by atoms with Gasteiger partial charge in [-0.15, -0.1) is 0 Å². The number of nitrogens with one attached hydrogen (secondary N) is 2. The highest BCUT2D eigenvalue weighted by Gasteiger charge is 2.11. The average Bonchev–Trinajstić information content (AvgIpc) is 2.86. The first-order valence-electron chi connectivity index (χ1n) is 6.40. The number of aryl methyl sites for hydroxylation is 1. The molecule has 2 rings (SSSR count). The Labute approximate surface area is 118 Å². The molecule has 19 heavy (non-hydrogen) atoms. The summed E-state index contributed by atoms with van der Waals surface area (Å²) in [5.41, 5.74) is 2.42. The third kappa shape index (κ3) is 3.44. The molecule has 0 saturated carbocycles. The van der Waals surface area contributed by atoms with Crippen LogP contribution in [0.25, 0.3) is 0 Å². The Morgan fingerprint density at radius 2 is 2.00 bits per heavy atom. The topological polar surface area (TPSA) is 49.8 Å². The highest BCUT2D eigenvalue weighted by Crippen LogP contribution is 2.20. The molecule has 2 heterocycles. The first kappa shape index (κ1) is 13.8. The van der Waals surface area contributed by atoms with Crippen LogP contribution < -0.4 is 10.6 Å². The summed E-state index contributed by atoms with van der Waals surface area (Å²) in [6, 6.07) is 2.51. The van der Waals surface area contributed by atoms with Crippen LogP contribution in [0, 0.1) is 13.8 Å². The molecule has 102 valence electrons. The van der Waals surface area contributed by atoms with E-state index >= 15 is 0 Å². The van der Waals surface area contributed by atoms with Crippen LogP contribution in [0.4, 0.5) is 11.6 Å². The van der Waals surface area contributed by atoms with E-state index in [2.05, 4.69) is 44.4 Å². The molecule has 0 spiro atoms. The van der Waals surface area contributed by atoms with Crippen LogP contribution in [0.2, 0.25) is 0 Å². The van der Waals surface area contributed by atoms with Crippen molar-refractivity contribution < 1.29 is 0 Å². The number of thiophene rings is 1. The highest BCUT2D eigenvalue weighted by atomic mass is 32.1. The lowest BCUT2D eigenvalue weighted by molar-refractivity contribution is 0.782. The van der Waals surface area contributed by atoms with Crippen molar-refractivity contribution in [2.75, 3.05) is 17.7 Å². The summed E-state index contributed by atoms with van der Waals surface area (Å²) >= 11 is 1.74. The SMILES string of the molecule is CNc1nc(C)nc(NC(C)Cc2ccsc2)c1C. The monoisotopic (exact) mass is 276 g/mol. The lowest BCUT2D eigenvalue weighted by Crippen LogP contribution is -2.20. The van der Waals surface area contributed by atoms with Gasteiger partial charge in [-0.05, 0) is 49.6 Å². The van der Waals surface area contributed by atoms with E-state index in [-0.39, 0.29) is 0 Å². The van der Waals surface area contributed by atoms with Gasteiger partial charge in [0.15, 0.2) is 0 Å². The van der Waals surface area contributed by atoms with Gasteiger partial charge >= 0.3 is 0 Å². The van der Waals surface area contributed by atoms with Crippen molar-refractivity contribution in [1.82, 2.24) is 9.97 Å². The Bertz CT molecular complexity index is 537. The van der Waals surface area contributed by atoms with Crippen molar-refractivity contribution in [3.63, 3.8) is 0 Å². The molecule has 0 amide bonds. The third-order valence-corrected chi connectivity index (χ3v) is 3.73. The van der Waals surface area contributed by atoms with Crippen molar-refractivity contribution in [2.45, 2.75) is 33.2 Å². The van der Waals surface area contributed by atoms with E-state index < -0.39 is 0 Å². The highest BCUT2D eigenvalue weighted by molar-refractivity contribution is 7.07. The number of aromatic nitrogens is 2. The molecule has 0 aliphatic heterocycles. The molecule has 2 aromatic heterocycles. The number of rotatable bonds is 5. The summed E-state index contributed by atoms with van der Waals surface area (Å²) < 4.78 is 0. The normalized spacial score (nSPS) is 12.2. The van der Waals surface area contributed by atoms with Crippen LogP contribution in [0.3, 0.4) is 0 Å². The Hall–Kier alpha value is -1.62. The van der Waals surface area contributed by atoms with Crippen LogP contribution in [0.1, 0.15) is 23.9 Å². The summed E-state index contributed by atoms with van der Waals surface area (Å²) in [5.74, 6) is 2.58. The number of anilines is 2. The van der Waals surface area contributed by atoms with Crippen molar-refractivity contribution in [2.24, 2.45) is 0 Å². The molecule has 2 N–H and O–H groups in total. The molecular weight excluding hydrogens is 256 g/mol. The van der Waals surface area contributed by atoms with Crippen LogP contribution in [-0.2, 0) is 6.42 Å². The van der Waals surface area contributed by atoms with E-state index in [0.717, 1.165) is 29.4 Å². The number of nitrogens with zero attached hydrogens (tertiary/aromatic N) is 2. The molecule has 4 nitrogen and oxygen atoms in total. The van der Waals surface area contributed by atoms with Crippen LogP contribution in [0.15, 0.2) is 16.8 Å². The van der Waals surface area contributed by atoms with E-state index in [4.69, 9.17) is 0 Å². The number of hydrogen-bond acceptors (Lipinski definition) is 5. The van der Waals surface area contributed by atoms with Crippen LogP contribution in [-0.4, -0.2) is 23.1 Å². The molecule has 0 fully saturated rings. The molecular formula is C14H20N4S. The molecule has 1 unspecified atom stereocenters. The second kappa shape index (κ2) is 6.02. The van der Waals surface area contributed by atoms with Gasteiger partial charge in [-0.2, -0.15) is 11.3 Å². The molecule has 0 saturated heterocycles. The molecule has 0 bridgehead atoms. The van der Waals surface area contributed by atoms with Crippen molar-refractivity contribution in [1.29, 1.82) is 0 Å². The maximum Gasteiger partial charge on any atom is 0.134 e. The Morgan fingerprint density at radius 1 is 1.26 bits per heavy atom. The number of hydrogen-bond donors (Lipinski definition) is 2. The van der Waals surface area contributed by atoms with E-state index in [1.165, 1.54) is 5.56 Å². The van der Waals surface area contributed by atoms with Crippen LogP contribution in [0.5, 0.6) is 0 Å². The predicted molar refractivity (Wildman–Crippen MR) is 82.2 cm³/mol. The molecule has 0 aromatic carbocycles. The molecule has 0 aliphatic rings. The summed E-state index contributed by atoms with van der Waals surface area (Å²) in [6.45, 7) is 6.12. The fourth-order valence-corrected chi connectivity index (χ4v) is 2.74. The maximum atomic E-state index is 4.49. The van der Waals surface area contributed by atoms with Gasteiger partial charge in [-0.3, -0.25) is 0 Å². The summed E-state index contributed by atoms with van der Waals surface area (Å²) in [5, 5.41) is 10.9. The first-order valence-corrected chi connectivity index (χ1v) is 7.35. The average molecular weight is 276 g/mol. The minimum Gasteiger partial charge on any atom is -0.373 e. The zero-order valence-electron chi connectivity index (χ0n) is 11.8. The zero-order valence-corrected chi connectivity index (χ0v) is 12.6. The van der Waals surface area contributed by atoms with Gasteiger partial charge in [-0.25, -0.2) is 9.97 Å². The Balaban J connectivity index is 2.12. The summed E-state index contributed by atoms with van der Waals surface area (Å²) in [6.07, 6.45) is 1.00. The minimum atomic E-state index is 0.340. The Morgan fingerprint density at radius 3 is 2.63 bits per heavy atom. The fraction of sp³-hybridized carbons (Fsp3) is 0.429. The molecule has 1 atom stereocenters.